The first-order chi connectivity index (χ1) is 13.1. The molecule has 6 heteroatoms. The Balaban J connectivity index is 1.71. The second kappa shape index (κ2) is 8.47. The molecule has 6 nitrogen and oxygen atoms in total. The molecule has 0 bridgehead atoms. The summed E-state index contributed by atoms with van der Waals surface area (Å²) < 4.78 is 0. The molecule has 3 rings (SSSR count). The molecule has 0 radical (unpaired) electrons. The Morgan fingerprint density at radius 2 is 1.96 bits per heavy atom. The number of carboxylic acid groups (broad SMARTS) is 1. The average Bonchev–Trinajstić information content (AvgIpc) is 3.23. The van der Waals surface area contributed by atoms with Gasteiger partial charge >= 0.3 is 5.97 Å². The van der Waals surface area contributed by atoms with Crippen LogP contribution in [0.1, 0.15) is 24.0 Å². The predicted molar refractivity (Wildman–Crippen MR) is 101 cm³/mol. The molecule has 0 aromatic heterocycles. The number of nitrogens with one attached hydrogen (secondary N) is 2. The molecule has 1 aliphatic heterocycles. The highest BCUT2D eigenvalue weighted by atomic mass is 16.4. The van der Waals surface area contributed by atoms with Crippen molar-refractivity contribution in [2.45, 2.75) is 31.3 Å². The first-order valence-corrected chi connectivity index (χ1v) is 8.93. The summed E-state index contributed by atoms with van der Waals surface area (Å²) in [5.41, 5.74) is 3.12. The van der Waals surface area contributed by atoms with Crippen molar-refractivity contribution in [3.8, 4) is 17.2 Å². The average molecular weight is 363 g/mol. The lowest BCUT2D eigenvalue weighted by atomic mass is 9.97. The van der Waals surface area contributed by atoms with Crippen LogP contribution in [0.3, 0.4) is 0 Å². The van der Waals surface area contributed by atoms with Crippen LogP contribution in [0.2, 0.25) is 0 Å². The smallest absolute Gasteiger partial charge is 0.326 e. The maximum absolute atomic E-state index is 12.2. The van der Waals surface area contributed by atoms with Gasteiger partial charge in [-0.2, -0.15) is 5.26 Å². The van der Waals surface area contributed by atoms with Crippen LogP contribution in [0.5, 0.6) is 0 Å². The van der Waals surface area contributed by atoms with Crippen LogP contribution in [0, 0.1) is 11.3 Å². The van der Waals surface area contributed by atoms with Gasteiger partial charge in [0, 0.05) is 6.42 Å². The van der Waals surface area contributed by atoms with E-state index >= 15 is 0 Å². The predicted octanol–water partition coefficient (Wildman–Crippen LogP) is 2.09. The van der Waals surface area contributed by atoms with E-state index < -0.39 is 12.0 Å². The second-order valence-corrected chi connectivity index (χ2v) is 6.61. The van der Waals surface area contributed by atoms with Crippen molar-refractivity contribution in [1.29, 1.82) is 5.26 Å². The van der Waals surface area contributed by atoms with E-state index in [1.807, 2.05) is 42.5 Å². The molecule has 1 amide bonds. The Morgan fingerprint density at radius 3 is 2.59 bits per heavy atom. The van der Waals surface area contributed by atoms with Gasteiger partial charge in [-0.05, 0) is 42.1 Å². The van der Waals surface area contributed by atoms with E-state index in [0.717, 1.165) is 36.1 Å². The summed E-state index contributed by atoms with van der Waals surface area (Å²) in [6, 6.07) is 15.6. The van der Waals surface area contributed by atoms with E-state index in [-0.39, 0.29) is 18.4 Å². The van der Waals surface area contributed by atoms with E-state index in [1.54, 1.807) is 6.07 Å². The third-order valence-corrected chi connectivity index (χ3v) is 4.74. The van der Waals surface area contributed by atoms with Gasteiger partial charge in [0.1, 0.15) is 6.04 Å². The number of carboxylic acids is 1. The highest BCUT2D eigenvalue weighted by Crippen LogP contribution is 2.23. The number of carbonyl (C=O) groups excluding carboxylic acids is 1. The number of nitriles is 1. The largest absolute Gasteiger partial charge is 0.480 e. The molecule has 1 aliphatic rings. The minimum absolute atomic E-state index is 0.202. The fraction of sp³-hybridized carbons (Fsp3) is 0.286. The Hall–Kier alpha value is -3.17. The van der Waals surface area contributed by atoms with Crippen LogP contribution >= 0.6 is 0 Å². The van der Waals surface area contributed by atoms with Crippen LogP contribution in [0.25, 0.3) is 11.1 Å². The lowest BCUT2D eigenvalue weighted by Gasteiger charge is -2.18. The number of nitrogens with zero attached hydrogens (tertiary/aromatic N) is 1. The third-order valence-electron chi connectivity index (χ3n) is 4.74. The number of aliphatic carboxylic acids is 1. The van der Waals surface area contributed by atoms with Gasteiger partial charge in [0.15, 0.2) is 0 Å². The molecule has 1 heterocycles. The lowest BCUT2D eigenvalue weighted by Crippen LogP contribution is -2.49. The Kier molecular flexibility index (Phi) is 5.84. The van der Waals surface area contributed by atoms with E-state index in [9.17, 15) is 20.0 Å². The van der Waals surface area contributed by atoms with Crippen molar-refractivity contribution >= 4 is 11.9 Å². The van der Waals surface area contributed by atoms with Gasteiger partial charge in [0.2, 0.25) is 5.91 Å². The molecule has 2 atom stereocenters. The molecule has 1 fully saturated rings. The van der Waals surface area contributed by atoms with Crippen molar-refractivity contribution in [3.05, 3.63) is 59.7 Å². The Labute approximate surface area is 157 Å². The molecular weight excluding hydrogens is 342 g/mol. The van der Waals surface area contributed by atoms with Gasteiger partial charge in [-0.25, -0.2) is 4.79 Å². The molecular formula is C21H21N3O3. The van der Waals surface area contributed by atoms with Gasteiger partial charge in [0.25, 0.3) is 0 Å². The zero-order chi connectivity index (χ0) is 19.2. The van der Waals surface area contributed by atoms with Crippen LogP contribution in [-0.4, -0.2) is 35.6 Å². The normalized spacial score (nSPS) is 17.1. The molecule has 27 heavy (non-hydrogen) atoms. The fourth-order valence-electron chi connectivity index (χ4n) is 3.27. The number of benzene rings is 2. The maximum Gasteiger partial charge on any atom is 0.326 e. The zero-order valence-corrected chi connectivity index (χ0v) is 14.8. The number of amides is 1. The summed E-state index contributed by atoms with van der Waals surface area (Å²) in [5, 5.41) is 24.4. The van der Waals surface area contributed by atoms with Crippen molar-refractivity contribution in [2.75, 3.05) is 6.54 Å². The van der Waals surface area contributed by atoms with Crippen molar-refractivity contribution < 1.29 is 14.7 Å². The topological polar surface area (TPSA) is 102 Å². The molecule has 2 aromatic rings. The van der Waals surface area contributed by atoms with Crippen molar-refractivity contribution in [2.24, 2.45) is 0 Å². The lowest BCUT2D eigenvalue weighted by molar-refractivity contribution is -0.142. The highest BCUT2D eigenvalue weighted by Gasteiger charge is 2.27. The molecule has 0 aliphatic carbocycles. The third kappa shape index (κ3) is 4.52. The molecule has 138 valence electrons. The number of hydrogen-bond acceptors (Lipinski definition) is 4. The van der Waals surface area contributed by atoms with Crippen molar-refractivity contribution in [1.82, 2.24) is 10.6 Å². The number of hydrogen-bond donors (Lipinski definition) is 3. The zero-order valence-electron chi connectivity index (χ0n) is 14.8. The summed E-state index contributed by atoms with van der Waals surface area (Å²) >= 11 is 0. The first kappa shape index (κ1) is 18.6. The van der Waals surface area contributed by atoms with E-state index in [4.69, 9.17) is 0 Å². The second-order valence-electron chi connectivity index (χ2n) is 6.61. The molecule has 0 spiro atoms. The minimum atomic E-state index is -1.06. The Morgan fingerprint density at radius 1 is 1.22 bits per heavy atom. The molecule has 1 saturated heterocycles. The standard InChI is InChI=1S/C21H21N3O3/c22-13-16-4-1-2-5-17(16)15-9-7-14(8-10-15)12-19(21(26)27)24-20(25)18-6-3-11-23-18/h1-2,4-5,7-10,18-19,23H,3,6,11-12H2,(H,24,25)(H,26,27)/t18-,19-/m0/s1. The van der Waals surface area contributed by atoms with Crippen LogP contribution < -0.4 is 10.6 Å². The minimum Gasteiger partial charge on any atom is -0.480 e. The quantitative estimate of drug-likeness (QED) is 0.729. The van der Waals surface area contributed by atoms with Gasteiger partial charge in [-0.1, -0.05) is 42.5 Å². The molecule has 0 unspecified atom stereocenters. The number of carbonyl (C=O) groups is 2. The molecule has 3 N–H and O–H groups in total. The van der Waals surface area contributed by atoms with Crippen molar-refractivity contribution in [3.63, 3.8) is 0 Å². The van der Waals surface area contributed by atoms with E-state index in [1.165, 1.54) is 0 Å². The van der Waals surface area contributed by atoms with Gasteiger partial charge in [-0.3, -0.25) is 4.79 Å². The van der Waals surface area contributed by atoms with E-state index in [0.29, 0.717) is 5.56 Å². The molecule has 0 saturated carbocycles. The summed E-state index contributed by atoms with van der Waals surface area (Å²) in [7, 11) is 0. The van der Waals surface area contributed by atoms with Gasteiger partial charge in [-0.15, -0.1) is 0 Å². The summed E-state index contributed by atoms with van der Waals surface area (Å²) in [5.74, 6) is -1.32. The SMILES string of the molecule is N#Cc1ccccc1-c1ccc(C[C@H](NC(=O)[C@@H]2CCCN2)C(=O)O)cc1. The maximum atomic E-state index is 12.2. The Bertz CT molecular complexity index is 865. The van der Waals surface area contributed by atoms with Crippen LogP contribution in [0.15, 0.2) is 48.5 Å². The van der Waals surface area contributed by atoms with Crippen LogP contribution in [0.4, 0.5) is 0 Å². The van der Waals surface area contributed by atoms with Gasteiger partial charge < -0.3 is 15.7 Å². The monoisotopic (exact) mass is 363 g/mol. The number of rotatable bonds is 6. The summed E-state index contributed by atoms with van der Waals surface area (Å²) in [6.45, 7) is 0.779. The fourth-order valence-corrected chi connectivity index (χ4v) is 3.27. The highest BCUT2D eigenvalue weighted by molar-refractivity contribution is 5.87. The molecule has 2 aromatic carbocycles. The summed E-state index contributed by atoms with van der Waals surface area (Å²) in [4.78, 5) is 23.7. The van der Waals surface area contributed by atoms with Crippen LogP contribution in [-0.2, 0) is 16.0 Å². The summed E-state index contributed by atoms with van der Waals surface area (Å²) in [6.07, 6.45) is 1.85. The van der Waals surface area contributed by atoms with Gasteiger partial charge in [0.05, 0.1) is 17.7 Å². The first-order valence-electron chi connectivity index (χ1n) is 8.93. The van der Waals surface area contributed by atoms with E-state index in [2.05, 4.69) is 16.7 Å².